The van der Waals surface area contributed by atoms with Gasteiger partial charge in [-0.25, -0.2) is 9.97 Å². The largest absolute Gasteiger partial charge is 0.438 e. The molecule has 0 aliphatic rings. The third kappa shape index (κ3) is 3.42. The third-order valence-electron chi connectivity index (χ3n) is 2.42. The molecule has 0 aliphatic heterocycles. The Morgan fingerprint density at radius 2 is 2.00 bits per heavy atom. The highest BCUT2D eigenvalue weighted by Crippen LogP contribution is 2.31. The zero-order valence-electron chi connectivity index (χ0n) is 10.4. The van der Waals surface area contributed by atoms with Crippen molar-refractivity contribution in [2.45, 2.75) is 13.5 Å². The summed E-state index contributed by atoms with van der Waals surface area (Å²) >= 11 is 3.42. The molecule has 100 valence electrons. The van der Waals surface area contributed by atoms with Gasteiger partial charge in [-0.05, 0) is 40.5 Å². The number of hydrogen-bond acceptors (Lipinski definition) is 5. The van der Waals surface area contributed by atoms with Gasteiger partial charge in [0.1, 0.15) is 22.4 Å². The molecule has 0 saturated heterocycles. The molecule has 6 heteroatoms. The fraction of sp³-hybridized carbons (Fsp3) is 0.231. The fourth-order valence-electron chi connectivity index (χ4n) is 1.49. The van der Waals surface area contributed by atoms with E-state index in [2.05, 4.69) is 31.2 Å². The second-order valence-corrected chi connectivity index (χ2v) is 4.57. The second-order valence-electron chi connectivity index (χ2n) is 3.78. The van der Waals surface area contributed by atoms with Crippen molar-refractivity contribution in [3.05, 3.63) is 40.6 Å². The summed E-state index contributed by atoms with van der Waals surface area (Å²) < 4.78 is 6.36. The topological polar surface area (TPSA) is 67.3 Å². The average Bonchev–Trinajstić information content (AvgIpc) is 2.44. The van der Waals surface area contributed by atoms with Gasteiger partial charge in [0.05, 0.1) is 6.61 Å². The summed E-state index contributed by atoms with van der Waals surface area (Å²) in [6.45, 7) is 2.77. The number of aliphatic hydroxyl groups is 1. The van der Waals surface area contributed by atoms with Gasteiger partial charge >= 0.3 is 0 Å². The van der Waals surface area contributed by atoms with E-state index in [1.54, 1.807) is 24.3 Å². The Hall–Kier alpha value is -1.66. The van der Waals surface area contributed by atoms with E-state index >= 15 is 0 Å². The molecule has 5 nitrogen and oxygen atoms in total. The summed E-state index contributed by atoms with van der Waals surface area (Å²) in [6, 6.07) is 7.17. The molecule has 19 heavy (non-hydrogen) atoms. The number of halogens is 1. The monoisotopic (exact) mass is 323 g/mol. The second kappa shape index (κ2) is 6.49. The number of aliphatic hydroxyl groups excluding tert-OH is 1. The molecule has 0 spiro atoms. The number of nitrogens with one attached hydrogen (secondary N) is 1. The molecule has 2 N–H and O–H groups in total. The smallest absolute Gasteiger partial charge is 0.238 e. The van der Waals surface area contributed by atoms with Crippen LogP contribution in [-0.2, 0) is 6.61 Å². The summed E-state index contributed by atoms with van der Waals surface area (Å²) in [7, 11) is 0. The van der Waals surface area contributed by atoms with Gasteiger partial charge in [-0.2, -0.15) is 0 Å². The van der Waals surface area contributed by atoms with E-state index in [-0.39, 0.29) is 6.61 Å². The van der Waals surface area contributed by atoms with Gasteiger partial charge in [0, 0.05) is 6.54 Å². The molecule has 0 bridgehead atoms. The first-order valence-corrected chi connectivity index (χ1v) is 6.66. The van der Waals surface area contributed by atoms with Crippen LogP contribution in [0.5, 0.6) is 11.6 Å². The van der Waals surface area contributed by atoms with Gasteiger partial charge in [-0.3, -0.25) is 0 Å². The van der Waals surface area contributed by atoms with Crippen molar-refractivity contribution in [1.29, 1.82) is 0 Å². The van der Waals surface area contributed by atoms with Crippen LogP contribution < -0.4 is 10.1 Å². The maximum Gasteiger partial charge on any atom is 0.238 e. The minimum absolute atomic E-state index is 0.0159. The lowest BCUT2D eigenvalue weighted by molar-refractivity contribution is 0.281. The van der Waals surface area contributed by atoms with Crippen LogP contribution in [0.1, 0.15) is 12.5 Å². The van der Waals surface area contributed by atoms with Crippen LogP contribution >= 0.6 is 15.9 Å². The zero-order valence-corrected chi connectivity index (χ0v) is 12.0. The van der Waals surface area contributed by atoms with Crippen molar-refractivity contribution in [1.82, 2.24) is 9.97 Å². The number of hydrogen-bond donors (Lipinski definition) is 2. The molecule has 0 unspecified atom stereocenters. The number of aromatic nitrogens is 2. The minimum atomic E-state index is 0.0159. The first-order valence-electron chi connectivity index (χ1n) is 5.86. The van der Waals surface area contributed by atoms with Gasteiger partial charge in [-0.15, -0.1) is 0 Å². The third-order valence-corrected chi connectivity index (χ3v) is 3.14. The first kappa shape index (κ1) is 13.8. The molecule has 1 aromatic heterocycles. The first-order chi connectivity index (χ1) is 9.24. The standard InChI is InChI=1S/C13H14BrN3O2/c1-2-15-12-11(14)13(17-8-16-12)19-10-5-3-9(7-18)4-6-10/h3-6,8,18H,2,7H2,1H3,(H,15,16,17). The molecular weight excluding hydrogens is 310 g/mol. The molecule has 1 aromatic carbocycles. The van der Waals surface area contributed by atoms with Crippen LogP contribution in [0.3, 0.4) is 0 Å². The van der Waals surface area contributed by atoms with Crippen LogP contribution in [0.2, 0.25) is 0 Å². The predicted molar refractivity (Wildman–Crippen MR) is 76.3 cm³/mol. The predicted octanol–water partition coefficient (Wildman–Crippen LogP) is 2.96. The van der Waals surface area contributed by atoms with Crippen molar-refractivity contribution in [2.24, 2.45) is 0 Å². The van der Waals surface area contributed by atoms with E-state index in [4.69, 9.17) is 9.84 Å². The number of anilines is 1. The minimum Gasteiger partial charge on any atom is -0.438 e. The van der Waals surface area contributed by atoms with Crippen molar-refractivity contribution < 1.29 is 9.84 Å². The van der Waals surface area contributed by atoms with Crippen LogP contribution in [0.25, 0.3) is 0 Å². The van der Waals surface area contributed by atoms with Gasteiger partial charge < -0.3 is 15.2 Å². The molecule has 0 saturated carbocycles. The Kier molecular flexibility index (Phi) is 4.70. The van der Waals surface area contributed by atoms with E-state index in [9.17, 15) is 0 Å². The average molecular weight is 324 g/mol. The Morgan fingerprint density at radius 1 is 1.26 bits per heavy atom. The Labute approximate surface area is 119 Å². The maximum absolute atomic E-state index is 8.98. The molecule has 0 atom stereocenters. The van der Waals surface area contributed by atoms with Crippen LogP contribution in [0.4, 0.5) is 5.82 Å². The summed E-state index contributed by atoms with van der Waals surface area (Å²) in [5, 5.41) is 12.1. The molecule has 2 aromatic rings. The van der Waals surface area contributed by atoms with E-state index in [1.165, 1.54) is 6.33 Å². The van der Waals surface area contributed by atoms with E-state index in [0.717, 1.165) is 12.1 Å². The Balaban J connectivity index is 2.20. The molecule has 0 radical (unpaired) electrons. The number of benzene rings is 1. The Bertz CT molecular complexity index is 546. The van der Waals surface area contributed by atoms with Gasteiger partial charge in [0.25, 0.3) is 0 Å². The highest BCUT2D eigenvalue weighted by atomic mass is 79.9. The quantitative estimate of drug-likeness (QED) is 0.885. The van der Waals surface area contributed by atoms with Crippen LogP contribution in [0.15, 0.2) is 35.1 Å². The highest BCUT2D eigenvalue weighted by Gasteiger charge is 2.10. The normalized spacial score (nSPS) is 10.3. The number of ether oxygens (including phenoxy) is 1. The lowest BCUT2D eigenvalue weighted by atomic mass is 10.2. The van der Waals surface area contributed by atoms with E-state index in [1.807, 2.05) is 6.92 Å². The van der Waals surface area contributed by atoms with E-state index in [0.29, 0.717) is 21.9 Å². The lowest BCUT2D eigenvalue weighted by Gasteiger charge is -2.10. The zero-order chi connectivity index (χ0) is 13.7. The number of rotatable bonds is 5. The van der Waals surface area contributed by atoms with Gasteiger partial charge in [0.2, 0.25) is 5.88 Å². The SMILES string of the molecule is CCNc1ncnc(Oc2ccc(CO)cc2)c1Br. The van der Waals surface area contributed by atoms with E-state index < -0.39 is 0 Å². The highest BCUT2D eigenvalue weighted by molar-refractivity contribution is 9.10. The summed E-state index contributed by atoms with van der Waals surface area (Å²) in [4.78, 5) is 8.20. The maximum atomic E-state index is 8.98. The molecule has 0 amide bonds. The fourth-order valence-corrected chi connectivity index (χ4v) is 1.92. The van der Waals surface area contributed by atoms with Gasteiger partial charge in [-0.1, -0.05) is 12.1 Å². The summed E-state index contributed by atoms with van der Waals surface area (Å²) in [5.74, 6) is 1.79. The van der Waals surface area contributed by atoms with Crippen LogP contribution in [0, 0.1) is 0 Å². The lowest BCUT2D eigenvalue weighted by Crippen LogP contribution is -2.02. The van der Waals surface area contributed by atoms with Crippen molar-refractivity contribution in [2.75, 3.05) is 11.9 Å². The summed E-state index contributed by atoms with van der Waals surface area (Å²) in [6.07, 6.45) is 1.44. The Morgan fingerprint density at radius 3 is 2.63 bits per heavy atom. The summed E-state index contributed by atoms with van der Waals surface area (Å²) in [5.41, 5.74) is 0.836. The molecule has 0 fully saturated rings. The molecule has 2 rings (SSSR count). The van der Waals surface area contributed by atoms with Gasteiger partial charge in [0.15, 0.2) is 0 Å². The number of nitrogens with zero attached hydrogens (tertiary/aromatic N) is 2. The molecule has 0 aliphatic carbocycles. The molecular formula is C13H14BrN3O2. The van der Waals surface area contributed by atoms with Crippen molar-refractivity contribution >= 4 is 21.7 Å². The van der Waals surface area contributed by atoms with Crippen molar-refractivity contribution in [3.8, 4) is 11.6 Å². The van der Waals surface area contributed by atoms with Crippen molar-refractivity contribution in [3.63, 3.8) is 0 Å². The molecule has 1 heterocycles. The van der Waals surface area contributed by atoms with Crippen LogP contribution in [-0.4, -0.2) is 21.6 Å².